The molecule has 2 rings (SSSR count). The number of nitrogens with one attached hydrogen (secondary N) is 1. The lowest BCUT2D eigenvalue weighted by atomic mass is 10.1. The number of carbonyl (C=O) groups excluding carboxylic acids is 1. The van der Waals surface area contributed by atoms with Gasteiger partial charge in [-0.05, 0) is 42.8 Å². The minimum absolute atomic E-state index is 0.236. The molecule has 0 aliphatic rings. The number of carbonyl (C=O) groups is 1. The number of anilines is 1. The minimum Gasteiger partial charge on any atom is -0.398 e. The Morgan fingerprint density at radius 2 is 1.90 bits per heavy atom. The average Bonchev–Trinajstić information content (AvgIpc) is 2.42. The maximum Gasteiger partial charge on any atom is 0.251 e. The first kappa shape index (κ1) is 14.3. The Morgan fingerprint density at radius 1 is 1.25 bits per heavy atom. The Bertz CT molecular complexity index is 628. The molecule has 0 spiro atoms. The molecule has 104 valence electrons. The Balaban J connectivity index is 2.10. The van der Waals surface area contributed by atoms with Gasteiger partial charge in [-0.25, -0.2) is 4.39 Å². The minimum atomic E-state index is -0.308. The van der Waals surface area contributed by atoms with Crippen molar-refractivity contribution in [2.24, 2.45) is 0 Å². The molecule has 0 saturated carbocycles. The highest BCUT2D eigenvalue weighted by Gasteiger charge is 2.12. The molecular formula is C15H14ClFN2O. The van der Waals surface area contributed by atoms with Crippen LogP contribution >= 0.6 is 11.6 Å². The van der Waals surface area contributed by atoms with E-state index in [0.29, 0.717) is 16.3 Å². The average molecular weight is 293 g/mol. The van der Waals surface area contributed by atoms with Crippen LogP contribution in [0.4, 0.5) is 10.1 Å². The highest BCUT2D eigenvalue weighted by molar-refractivity contribution is 6.33. The van der Waals surface area contributed by atoms with Gasteiger partial charge in [-0.2, -0.15) is 0 Å². The molecule has 0 aliphatic heterocycles. The van der Waals surface area contributed by atoms with Crippen molar-refractivity contribution in [1.82, 2.24) is 5.32 Å². The van der Waals surface area contributed by atoms with Crippen LogP contribution in [-0.2, 0) is 0 Å². The van der Waals surface area contributed by atoms with E-state index in [-0.39, 0.29) is 17.8 Å². The van der Waals surface area contributed by atoms with Gasteiger partial charge in [-0.15, -0.1) is 0 Å². The van der Waals surface area contributed by atoms with Crippen LogP contribution < -0.4 is 11.1 Å². The number of benzene rings is 2. The number of hydrogen-bond acceptors (Lipinski definition) is 2. The lowest BCUT2D eigenvalue weighted by Crippen LogP contribution is -2.26. The van der Waals surface area contributed by atoms with Gasteiger partial charge in [0.2, 0.25) is 0 Å². The molecule has 1 amide bonds. The molecule has 0 radical (unpaired) electrons. The van der Waals surface area contributed by atoms with Crippen LogP contribution in [0.1, 0.15) is 28.9 Å². The maximum atomic E-state index is 12.8. The largest absolute Gasteiger partial charge is 0.398 e. The van der Waals surface area contributed by atoms with Crippen LogP contribution in [0.3, 0.4) is 0 Å². The van der Waals surface area contributed by atoms with Gasteiger partial charge in [0, 0.05) is 5.56 Å². The smallest absolute Gasteiger partial charge is 0.251 e. The van der Waals surface area contributed by atoms with Crippen molar-refractivity contribution in [1.29, 1.82) is 0 Å². The molecule has 2 aromatic rings. The van der Waals surface area contributed by atoms with E-state index < -0.39 is 0 Å². The fourth-order valence-electron chi connectivity index (χ4n) is 1.80. The zero-order valence-electron chi connectivity index (χ0n) is 10.9. The summed E-state index contributed by atoms with van der Waals surface area (Å²) < 4.78 is 12.8. The van der Waals surface area contributed by atoms with Crippen molar-refractivity contribution >= 4 is 23.2 Å². The summed E-state index contributed by atoms with van der Waals surface area (Å²) in [5, 5.41) is 3.23. The Morgan fingerprint density at radius 3 is 2.50 bits per heavy atom. The van der Waals surface area contributed by atoms with Gasteiger partial charge < -0.3 is 11.1 Å². The Hall–Kier alpha value is -2.07. The fourth-order valence-corrected chi connectivity index (χ4v) is 1.92. The van der Waals surface area contributed by atoms with E-state index in [1.807, 2.05) is 6.92 Å². The van der Waals surface area contributed by atoms with Gasteiger partial charge in [0.05, 0.1) is 16.8 Å². The first-order valence-electron chi connectivity index (χ1n) is 6.08. The summed E-state index contributed by atoms with van der Waals surface area (Å²) in [6, 6.07) is 10.5. The molecule has 2 aromatic carbocycles. The molecule has 0 saturated heterocycles. The normalized spacial score (nSPS) is 11.9. The third-order valence-electron chi connectivity index (χ3n) is 2.98. The number of nitrogens with two attached hydrogens (primary N) is 1. The Labute approximate surface area is 121 Å². The van der Waals surface area contributed by atoms with Gasteiger partial charge in [-0.3, -0.25) is 4.79 Å². The van der Waals surface area contributed by atoms with Crippen molar-refractivity contribution in [3.05, 3.63) is 64.4 Å². The highest BCUT2D eigenvalue weighted by Crippen LogP contribution is 2.20. The zero-order valence-corrected chi connectivity index (χ0v) is 11.6. The summed E-state index contributed by atoms with van der Waals surface area (Å²) >= 11 is 5.81. The van der Waals surface area contributed by atoms with Crippen LogP contribution in [0.25, 0.3) is 0 Å². The van der Waals surface area contributed by atoms with Gasteiger partial charge >= 0.3 is 0 Å². The van der Waals surface area contributed by atoms with E-state index in [1.54, 1.807) is 24.3 Å². The number of halogens is 2. The summed E-state index contributed by atoms with van der Waals surface area (Å²) in [6.45, 7) is 1.82. The van der Waals surface area contributed by atoms with Crippen LogP contribution in [0.2, 0.25) is 5.02 Å². The third-order valence-corrected chi connectivity index (χ3v) is 3.32. The van der Waals surface area contributed by atoms with Gasteiger partial charge in [-0.1, -0.05) is 23.7 Å². The highest BCUT2D eigenvalue weighted by atomic mass is 35.5. The first-order valence-corrected chi connectivity index (χ1v) is 6.46. The molecule has 0 aromatic heterocycles. The predicted molar refractivity (Wildman–Crippen MR) is 78.1 cm³/mol. The Kier molecular flexibility index (Phi) is 4.25. The molecule has 3 nitrogen and oxygen atoms in total. The molecule has 5 heteroatoms. The second-order valence-electron chi connectivity index (χ2n) is 4.48. The van der Waals surface area contributed by atoms with E-state index >= 15 is 0 Å². The number of rotatable bonds is 3. The van der Waals surface area contributed by atoms with E-state index in [0.717, 1.165) is 5.56 Å². The summed E-state index contributed by atoms with van der Waals surface area (Å²) in [7, 11) is 0. The SMILES string of the molecule is C[C@H](NC(=O)c1ccc(Cl)c(N)c1)c1ccc(F)cc1. The van der Waals surface area contributed by atoms with E-state index in [4.69, 9.17) is 17.3 Å². The molecule has 0 aliphatic carbocycles. The lowest BCUT2D eigenvalue weighted by molar-refractivity contribution is 0.0940. The van der Waals surface area contributed by atoms with Crippen molar-refractivity contribution < 1.29 is 9.18 Å². The van der Waals surface area contributed by atoms with Crippen LogP contribution in [-0.4, -0.2) is 5.91 Å². The van der Waals surface area contributed by atoms with Crippen molar-refractivity contribution in [3.8, 4) is 0 Å². The summed E-state index contributed by atoms with van der Waals surface area (Å²) in [4.78, 5) is 12.1. The third kappa shape index (κ3) is 3.27. The maximum absolute atomic E-state index is 12.8. The van der Waals surface area contributed by atoms with E-state index in [1.165, 1.54) is 18.2 Å². The van der Waals surface area contributed by atoms with Gasteiger partial charge in [0.1, 0.15) is 5.82 Å². The molecule has 0 unspecified atom stereocenters. The molecule has 1 atom stereocenters. The topological polar surface area (TPSA) is 55.1 Å². The summed E-state index contributed by atoms with van der Waals surface area (Å²) in [5.41, 5.74) is 7.27. The van der Waals surface area contributed by atoms with Gasteiger partial charge in [0.25, 0.3) is 5.91 Å². The molecule has 0 bridgehead atoms. The van der Waals surface area contributed by atoms with E-state index in [9.17, 15) is 9.18 Å². The zero-order chi connectivity index (χ0) is 14.7. The van der Waals surface area contributed by atoms with E-state index in [2.05, 4.69) is 5.32 Å². The standard InChI is InChI=1S/C15H14ClFN2O/c1-9(10-2-5-12(17)6-3-10)19-15(20)11-4-7-13(16)14(18)8-11/h2-9H,18H2,1H3,(H,19,20)/t9-/m0/s1. The molecule has 3 N–H and O–H groups in total. The van der Waals surface area contributed by atoms with Gasteiger partial charge in [0.15, 0.2) is 0 Å². The number of amides is 1. The monoisotopic (exact) mass is 292 g/mol. The molecule has 20 heavy (non-hydrogen) atoms. The first-order chi connectivity index (χ1) is 9.47. The van der Waals surface area contributed by atoms with Crippen LogP contribution in [0.15, 0.2) is 42.5 Å². The fraction of sp³-hybridized carbons (Fsp3) is 0.133. The second-order valence-corrected chi connectivity index (χ2v) is 4.89. The molecule has 0 fully saturated rings. The lowest BCUT2D eigenvalue weighted by Gasteiger charge is -2.14. The quantitative estimate of drug-likeness (QED) is 0.850. The number of hydrogen-bond donors (Lipinski definition) is 2. The van der Waals surface area contributed by atoms with Crippen LogP contribution in [0, 0.1) is 5.82 Å². The second kappa shape index (κ2) is 5.92. The predicted octanol–water partition coefficient (Wildman–Crippen LogP) is 3.55. The summed E-state index contributed by atoms with van der Waals surface area (Å²) in [6.07, 6.45) is 0. The van der Waals surface area contributed by atoms with Crippen molar-refractivity contribution in [2.75, 3.05) is 5.73 Å². The summed E-state index contributed by atoms with van der Waals surface area (Å²) in [5.74, 6) is -0.567. The van der Waals surface area contributed by atoms with Crippen LogP contribution in [0.5, 0.6) is 0 Å². The van der Waals surface area contributed by atoms with Crippen molar-refractivity contribution in [3.63, 3.8) is 0 Å². The van der Waals surface area contributed by atoms with Crippen molar-refractivity contribution in [2.45, 2.75) is 13.0 Å². The number of nitrogen functional groups attached to an aromatic ring is 1. The molecule has 0 heterocycles. The molecular weight excluding hydrogens is 279 g/mol.